The number of nitrogens with one attached hydrogen (secondary N) is 2. The molecule has 1 saturated heterocycles. The number of carbonyl (C=O) groups excluding carboxylic acids is 1. The largest absolute Gasteiger partial charge is 0.379 e. The number of aromatic amines is 1. The van der Waals surface area contributed by atoms with Crippen LogP contribution < -0.4 is 5.32 Å². The SMILES string of the molecule is O=C(NCC(c1ccccn1)N1CCOCC1)c1ccc(-c2ccn[nH]2)cc1. The van der Waals surface area contributed by atoms with Gasteiger partial charge in [-0.05, 0) is 35.9 Å². The van der Waals surface area contributed by atoms with Gasteiger partial charge in [-0.2, -0.15) is 5.10 Å². The topological polar surface area (TPSA) is 83.1 Å². The molecule has 0 aliphatic carbocycles. The Kier molecular flexibility index (Phi) is 5.75. The molecule has 7 nitrogen and oxygen atoms in total. The lowest BCUT2D eigenvalue weighted by Crippen LogP contribution is -2.44. The summed E-state index contributed by atoms with van der Waals surface area (Å²) in [6.07, 6.45) is 3.50. The standard InChI is InChI=1S/C21H23N5O2/c27-21(17-6-4-16(5-7-17)18-8-10-24-25-18)23-15-20(19-3-1-2-9-22-19)26-11-13-28-14-12-26/h1-10,20H,11-15H2,(H,23,27)(H,24,25). The van der Waals surface area contributed by atoms with Crippen molar-refractivity contribution in [2.24, 2.45) is 0 Å². The first-order valence-electron chi connectivity index (χ1n) is 9.42. The molecule has 144 valence electrons. The molecule has 7 heteroatoms. The van der Waals surface area contributed by atoms with E-state index in [9.17, 15) is 4.79 Å². The number of aromatic nitrogens is 3. The Balaban J connectivity index is 1.43. The lowest BCUT2D eigenvalue weighted by atomic mass is 10.1. The van der Waals surface area contributed by atoms with E-state index in [2.05, 4.69) is 25.4 Å². The van der Waals surface area contributed by atoms with Gasteiger partial charge in [0.05, 0.1) is 30.6 Å². The van der Waals surface area contributed by atoms with Gasteiger partial charge in [0.15, 0.2) is 0 Å². The van der Waals surface area contributed by atoms with Crippen molar-refractivity contribution in [3.8, 4) is 11.3 Å². The summed E-state index contributed by atoms with van der Waals surface area (Å²) in [6, 6.07) is 15.3. The average molecular weight is 377 g/mol. The van der Waals surface area contributed by atoms with Gasteiger partial charge in [0, 0.05) is 37.6 Å². The van der Waals surface area contributed by atoms with Crippen LogP contribution in [0.25, 0.3) is 11.3 Å². The summed E-state index contributed by atoms with van der Waals surface area (Å²) in [7, 11) is 0. The third-order valence-corrected chi connectivity index (χ3v) is 4.93. The predicted octanol–water partition coefficient (Wildman–Crippen LogP) is 2.27. The second-order valence-electron chi connectivity index (χ2n) is 6.68. The highest BCUT2D eigenvalue weighted by Crippen LogP contribution is 2.20. The van der Waals surface area contributed by atoms with Crippen LogP contribution in [0.2, 0.25) is 0 Å². The fraction of sp³-hybridized carbons (Fsp3) is 0.286. The Hall–Kier alpha value is -3.03. The maximum Gasteiger partial charge on any atom is 0.251 e. The van der Waals surface area contributed by atoms with E-state index in [1.165, 1.54) is 0 Å². The van der Waals surface area contributed by atoms with Crippen LogP contribution in [0, 0.1) is 0 Å². The Bertz CT molecular complexity index is 875. The van der Waals surface area contributed by atoms with E-state index < -0.39 is 0 Å². The van der Waals surface area contributed by atoms with Gasteiger partial charge < -0.3 is 10.1 Å². The van der Waals surface area contributed by atoms with Crippen LogP contribution in [-0.2, 0) is 4.74 Å². The van der Waals surface area contributed by atoms with E-state index in [-0.39, 0.29) is 11.9 Å². The molecule has 1 atom stereocenters. The number of pyridine rings is 1. The molecule has 0 bridgehead atoms. The van der Waals surface area contributed by atoms with Crippen LogP contribution in [-0.4, -0.2) is 58.8 Å². The number of carbonyl (C=O) groups is 1. The van der Waals surface area contributed by atoms with Crippen LogP contribution in [0.3, 0.4) is 0 Å². The van der Waals surface area contributed by atoms with Gasteiger partial charge in [0.2, 0.25) is 0 Å². The van der Waals surface area contributed by atoms with Crippen LogP contribution in [0.4, 0.5) is 0 Å². The zero-order chi connectivity index (χ0) is 19.2. The lowest BCUT2D eigenvalue weighted by Gasteiger charge is -2.34. The highest BCUT2D eigenvalue weighted by Gasteiger charge is 2.24. The van der Waals surface area contributed by atoms with Crippen molar-refractivity contribution in [2.45, 2.75) is 6.04 Å². The number of hydrogen-bond acceptors (Lipinski definition) is 5. The van der Waals surface area contributed by atoms with Crippen molar-refractivity contribution >= 4 is 5.91 Å². The lowest BCUT2D eigenvalue weighted by molar-refractivity contribution is 0.0154. The number of amides is 1. The predicted molar refractivity (Wildman–Crippen MR) is 106 cm³/mol. The first-order valence-corrected chi connectivity index (χ1v) is 9.42. The molecule has 1 amide bonds. The zero-order valence-electron chi connectivity index (χ0n) is 15.5. The van der Waals surface area contributed by atoms with Crippen LogP contribution in [0.1, 0.15) is 22.1 Å². The highest BCUT2D eigenvalue weighted by atomic mass is 16.5. The van der Waals surface area contributed by atoms with E-state index in [0.717, 1.165) is 30.0 Å². The van der Waals surface area contributed by atoms with Gasteiger partial charge in [-0.1, -0.05) is 18.2 Å². The minimum absolute atomic E-state index is 0.0262. The summed E-state index contributed by atoms with van der Waals surface area (Å²) >= 11 is 0. The first-order chi connectivity index (χ1) is 13.8. The van der Waals surface area contributed by atoms with Gasteiger partial charge in [0.1, 0.15) is 0 Å². The van der Waals surface area contributed by atoms with Crippen molar-refractivity contribution in [2.75, 3.05) is 32.8 Å². The molecule has 1 aromatic carbocycles. The summed E-state index contributed by atoms with van der Waals surface area (Å²) in [6.45, 7) is 3.56. The maximum absolute atomic E-state index is 12.7. The van der Waals surface area contributed by atoms with Gasteiger partial charge in [0.25, 0.3) is 5.91 Å². The van der Waals surface area contributed by atoms with Gasteiger partial charge in [-0.3, -0.25) is 19.8 Å². The Labute approximate surface area is 163 Å². The number of hydrogen-bond donors (Lipinski definition) is 2. The summed E-state index contributed by atoms with van der Waals surface area (Å²) in [5.74, 6) is -0.0923. The fourth-order valence-corrected chi connectivity index (χ4v) is 3.39. The van der Waals surface area contributed by atoms with Crippen molar-refractivity contribution in [1.29, 1.82) is 0 Å². The minimum atomic E-state index is -0.0923. The van der Waals surface area contributed by atoms with Crippen molar-refractivity contribution in [1.82, 2.24) is 25.4 Å². The third-order valence-electron chi connectivity index (χ3n) is 4.93. The van der Waals surface area contributed by atoms with Gasteiger partial charge >= 0.3 is 0 Å². The summed E-state index contributed by atoms with van der Waals surface area (Å²) in [4.78, 5) is 19.5. The number of rotatable bonds is 6. The number of ether oxygens (including phenoxy) is 1. The Morgan fingerprint density at radius 2 is 1.93 bits per heavy atom. The molecule has 0 saturated carbocycles. The quantitative estimate of drug-likeness (QED) is 0.689. The van der Waals surface area contributed by atoms with E-state index >= 15 is 0 Å². The molecule has 2 aromatic heterocycles. The van der Waals surface area contributed by atoms with Crippen molar-refractivity contribution < 1.29 is 9.53 Å². The molecule has 4 rings (SSSR count). The van der Waals surface area contributed by atoms with Gasteiger partial charge in [-0.15, -0.1) is 0 Å². The zero-order valence-corrected chi connectivity index (χ0v) is 15.5. The Morgan fingerprint density at radius 3 is 2.61 bits per heavy atom. The summed E-state index contributed by atoms with van der Waals surface area (Å²) in [5.41, 5.74) is 3.51. The van der Waals surface area contributed by atoms with Crippen LogP contribution in [0.5, 0.6) is 0 Å². The normalized spacial score (nSPS) is 15.9. The van der Waals surface area contributed by atoms with Gasteiger partial charge in [-0.25, -0.2) is 0 Å². The number of morpholine rings is 1. The molecule has 1 unspecified atom stereocenters. The molecule has 0 radical (unpaired) electrons. The molecule has 1 aliphatic heterocycles. The molecular formula is C21H23N5O2. The number of nitrogens with zero attached hydrogens (tertiary/aromatic N) is 3. The smallest absolute Gasteiger partial charge is 0.251 e. The average Bonchev–Trinajstić information content (AvgIpc) is 3.30. The van der Waals surface area contributed by atoms with E-state index in [0.29, 0.717) is 25.3 Å². The highest BCUT2D eigenvalue weighted by molar-refractivity contribution is 5.94. The number of benzene rings is 1. The maximum atomic E-state index is 12.7. The molecule has 1 aliphatic rings. The van der Waals surface area contributed by atoms with Crippen molar-refractivity contribution in [3.05, 3.63) is 72.2 Å². The van der Waals surface area contributed by atoms with Crippen LogP contribution >= 0.6 is 0 Å². The first kappa shape index (κ1) is 18.3. The summed E-state index contributed by atoms with van der Waals surface area (Å²) in [5, 5.41) is 9.95. The molecule has 28 heavy (non-hydrogen) atoms. The molecule has 0 spiro atoms. The second kappa shape index (κ2) is 8.77. The van der Waals surface area contributed by atoms with Crippen LogP contribution in [0.15, 0.2) is 60.9 Å². The molecular weight excluding hydrogens is 354 g/mol. The molecule has 3 heterocycles. The minimum Gasteiger partial charge on any atom is -0.379 e. The van der Waals surface area contributed by atoms with Crippen molar-refractivity contribution in [3.63, 3.8) is 0 Å². The third kappa shape index (κ3) is 4.27. The second-order valence-corrected chi connectivity index (χ2v) is 6.68. The number of H-pyrrole nitrogens is 1. The van der Waals surface area contributed by atoms with E-state index in [1.54, 1.807) is 12.4 Å². The summed E-state index contributed by atoms with van der Waals surface area (Å²) < 4.78 is 5.47. The van der Waals surface area contributed by atoms with E-state index in [1.807, 2.05) is 48.5 Å². The van der Waals surface area contributed by atoms with E-state index in [4.69, 9.17) is 4.74 Å². The fourth-order valence-electron chi connectivity index (χ4n) is 3.39. The molecule has 2 N–H and O–H groups in total. The Morgan fingerprint density at radius 1 is 1.11 bits per heavy atom. The monoisotopic (exact) mass is 377 g/mol. The molecule has 1 fully saturated rings. The molecule has 3 aromatic rings.